The third kappa shape index (κ3) is 3.21. The molecular formula is C14H18N4O2. The zero-order valence-corrected chi connectivity index (χ0v) is 11.8. The first-order chi connectivity index (χ1) is 9.61. The largest absolute Gasteiger partial charge is 0.380 e. The summed E-state index contributed by atoms with van der Waals surface area (Å²) < 4.78 is 5.15. The highest BCUT2D eigenvalue weighted by Gasteiger charge is 2.17. The summed E-state index contributed by atoms with van der Waals surface area (Å²) in [5.74, 6) is -0.114. The molecular weight excluding hydrogens is 256 g/mol. The Hall–Kier alpha value is -2.21. The van der Waals surface area contributed by atoms with E-state index in [1.807, 2.05) is 19.1 Å². The Morgan fingerprint density at radius 2 is 2.35 bits per heavy atom. The lowest BCUT2D eigenvalue weighted by molar-refractivity contribution is 0.0595. The van der Waals surface area contributed by atoms with E-state index >= 15 is 0 Å². The Morgan fingerprint density at radius 1 is 1.55 bits per heavy atom. The molecule has 106 valence electrons. The molecule has 2 rings (SSSR count). The quantitative estimate of drug-likeness (QED) is 0.898. The molecule has 0 spiro atoms. The highest BCUT2D eigenvalue weighted by Crippen LogP contribution is 2.16. The van der Waals surface area contributed by atoms with Gasteiger partial charge in [0, 0.05) is 38.7 Å². The van der Waals surface area contributed by atoms with Crippen LogP contribution in [-0.4, -0.2) is 52.8 Å². The molecule has 20 heavy (non-hydrogen) atoms. The minimum Gasteiger partial charge on any atom is -0.380 e. The topological polar surface area (TPSA) is 71.1 Å². The summed E-state index contributed by atoms with van der Waals surface area (Å²) in [5.41, 5.74) is 2.03. The molecule has 1 unspecified atom stereocenters. The fourth-order valence-electron chi connectivity index (χ4n) is 1.84. The Kier molecular flexibility index (Phi) is 4.47. The number of nitrogens with zero attached hydrogens (tertiary/aromatic N) is 3. The highest BCUT2D eigenvalue weighted by atomic mass is 16.5. The molecule has 2 heterocycles. The van der Waals surface area contributed by atoms with E-state index in [9.17, 15) is 4.79 Å². The number of carbonyl (C=O) groups excluding carboxylic acids is 1. The average Bonchev–Trinajstić information content (AvgIpc) is 2.97. The van der Waals surface area contributed by atoms with Gasteiger partial charge >= 0.3 is 0 Å². The van der Waals surface area contributed by atoms with Crippen molar-refractivity contribution >= 4 is 5.91 Å². The third-order valence-corrected chi connectivity index (χ3v) is 3.05. The number of rotatable bonds is 5. The molecule has 1 atom stereocenters. The standard InChI is InChI=1S/C14H18N4O2/c1-10(20-3)9-18(2)14(19)13-7-12(16-17-13)11-5-4-6-15-8-11/h4-8,10H,9H2,1-3H3,(H,16,17). The summed E-state index contributed by atoms with van der Waals surface area (Å²) in [7, 11) is 3.36. The summed E-state index contributed by atoms with van der Waals surface area (Å²) in [4.78, 5) is 17.9. The molecule has 6 heteroatoms. The second kappa shape index (κ2) is 6.29. The maximum Gasteiger partial charge on any atom is 0.271 e. The summed E-state index contributed by atoms with van der Waals surface area (Å²) in [6.07, 6.45) is 3.40. The van der Waals surface area contributed by atoms with Gasteiger partial charge in [-0.3, -0.25) is 14.9 Å². The zero-order valence-electron chi connectivity index (χ0n) is 11.8. The van der Waals surface area contributed by atoms with Gasteiger partial charge in [0.25, 0.3) is 5.91 Å². The van der Waals surface area contributed by atoms with E-state index in [0.29, 0.717) is 17.9 Å². The molecule has 0 radical (unpaired) electrons. The van der Waals surface area contributed by atoms with Gasteiger partial charge in [0.2, 0.25) is 0 Å². The Morgan fingerprint density at radius 3 is 3.00 bits per heavy atom. The molecule has 1 amide bonds. The van der Waals surface area contributed by atoms with Crippen LogP contribution in [0.25, 0.3) is 11.3 Å². The van der Waals surface area contributed by atoms with Gasteiger partial charge in [0.05, 0.1) is 11.8 Å². The maximum absolute atomic E-state index is 12.2. The van der Waals surface area contributed by atoms with Crippen LogP contribution in [0, 0.1) is 0 Å². The smallest absolute Gasteiger partial charge is 0.271 e. The first kappa shape index (κ1) is 14.2. The normalized spacial score (nSPS) is 12.2. The molecule has 0 aliphatic carbocycles. The lowest BCUT2D eigenvalue weighted by Crippen LogP contribution is -2.34. The molecule has 0 saturated heterocycles. The van der Waals surface area contributed by atoms with Crippen molar-refractivity contribution in [2.45, 2.75) is 13.0 Å². The van der Waals surface area contributed by atoms with Crippen LogP contribution in [0.1, 0.15) is 17.4 Å². The van der Waals surface area contributed by atoms with Crippen LogP contribution in [0.5, 0.6) is 0 Å². The Bertz CT molecular complexity index is 568. The van der Waals surface area contributed by atoms with Crippen molar-refractivity contribution in [3.05, 3.63) is 36.3 Å². The molecule has 0 aliphatic heterocycles. The highest BCUT2D eigenvalue weighted by molar-refractivity contribution is 5.93. The van der Waals surface area contributed by atoms with Crippen molar-refractivity contribution in [3.63, 3.8) is 0 Å². The van der Waals surface area contributed by atoms with E-state index in [1.54, 1.807) is 37.5 Å². The van der Waals surface area contributed by atoms with Gasteiger partial charge in [-0.2, -0.15) is 5.10 Å². The number of likely N-dealkylation sites (N-methyl/N-ethyl adjacent to an activating group) is 1. The second-order valence-corrected chi connectivity index (χ2v) is 4.64. The molecule has 0 bridgehead atoms. The van der Waals surface area contributed by atoms with Gasteiger partial charge in [0.1, 0.15) is 5.69 Å². The number of aromatic nitrogens is 3. The lowest BCUT2D eigenvalue weighted by atomic mass is 10.2. The number of H-pyrrole nitrogens is 1. The van der Waals surface area contributed by atoms with E-state index in [2.05, 4.69) is 15.2 Å². The number of ether oxygens (including phenoxy) is 1. The van der Waals surface area contributed by atoms with E-state index in [1.165, 1.54) is 0 Å². The number of aromatic amines is 1. The summed E-state index contributed by atoms with van der Waals surface area (Å²) in [6, 6.07) is 5.46. The number of hydrogen-bond acceptors (Lipinski definition) is 4. The fourth-order valence-corrected chi connectivity index (χ4v) is 1.84. The number of carbonyl (C=O) groups is 1. The first-order valence-electron chi connectivity index (χ1n) is 6.36. The van der Waals surface area contributed by atoms with Gasteiger partial charge in [-0.05, 0) is 25.1 Å². The fraction of sp³-hybridized carbons (Fsp3) is 0.357. The lowest BCUT2D eigenvalue weighted by Gasteiger charge is -2.19. The Labute approximate surface area is 117 Å². The monoisotopic (exact) mass is 274 g/mol. The van der Waals surface area contributed by atoms with Gasteiger partial charge < -0.3 is 9.64 Å². The minimum atomic E-state index is -0.114. The van der Waals surface area contributed by atoms with E-state index in [0.717, 1.165) is 5.56 Å². The zero-order chi connectivity index (χ0) is 14.5. The predicted molar refractivity (Wildman–Crippen MR) is 75.3 cm³/mol. The molecule has 2 aromatic heterocycles. The molecule has 1 N–H and O–H groups in total. The number of hydrogen-bond donors (Lipinski definition) is 1. The molecule has 6 nitrogen and oxygen atoms in total. The van der Waals surface area contributed by atoms with Crippen LogP contribution < -0.4 is 0 Å². The summed E-state index contributed by atoms with van der Waals surface area (Å²) >= 11 is 0. The van der Waals surface area contributed by atoms with Crippen LogP contribution in [0.2, 0.25) is 0 Å². The van der Waals surface area contributed by atoms with Crippen molar-refractivity contribution < 1.29 is 9.53 Å². The third-order valence-electron chi connectivity index (χ3n) is 3.05. The van der Waals surface area contributed by atoms with Crippen LogP contribution in [-0.2, 0) is 4.74 Å². The van der Waals surface area contributed by atoms with Crippen molar-refractivity contribution in [2.24, 2.45) is 0 Å². The van der Waals surface area contributed by atoms with Crippen LogP contribution >= 0.6 is 0 Å². The van der Waals surface area contributed by atoms with Crippen LogP contribution in [0.4, 0.5) is 0 Å². The molecule has 0 aromatic carbocycles. The number of amides is 1. The molecule has 0 fully saturated rings. The van der Waals surface area contributed by atoms with E-state index in [4.69, 9.17) is 4.74 Å². The van der Waals surface area contributed by atoms with Gasteiger partial charge in [0.15, 0.2) is 0 Å². The Balaban J connectivity index is 2.11. The molecule has 2 aromatic rings. The second-order valence-electron chi connectivity index (χ2n) is 4.64. The van der Waals surface area contributed by atoms with E-state index in [-0.39, 0.29) is 12.0 Å². The summed E-state index contributed by atoms with van der Waals surface area (Å²) in [6.45, 7) is 2.44. The van der Waals surface area contributed by atoms with E-state index < -0.39 is 0 Å². The van der Waals surface area contributed by atoms with Gasteiger partial charge in [-0.15, -0.1) is 0 Å². The maximum atomic E-state index is 12.2. The van der Waals surface area contributed by atoms with Gasteiger partial charge in [-0.1, -0.05) is 0 Å². The SMILES string of the molecule is COC(C)CN(C)C(=O)c1cc(-c2cccnc2)n[nH]1. The molecule has 0 saturated carbocycles. The van der Waals surface area contributed by atoms with Crippen molar-refractivity contribution in [1.82, 2.24) is 20.1 Å². The predicted octanol–water partition coefficient (Wildman–Crippen LogP) is 1.58. The minimum absolute atomic E-state index is 0.00957. The van der Waals surface area contributed by atoms with Crippen LogP contribution in [0.3, 0.4) is 0 Å². The number of methoxy groups -OCH3 is 1. The van der Waals surface area contributed by atoms with Crippen molar-refractivity contribution in [1.29, 1.82) is 0 Å². The average molecular weight is 274 g/mol. The van der Waals surface area contributed by atoms with Crippen LogP contribution in [0.15, 0.2) is 30.6 Å². The molecule has 0 aliphatic rings. The summed E-state index contributed by atoms with van der Waals surface area (Å²) in [5, 5.41) is 6.91. The van der Waals surface area contributed by atoms with Gasteiger partial charge in [-0.25, -0.2) is 0 Å². The van der Waals surface area contributed by atoms with Crippen molar-refractivity contribution in [2.75, 3.05) is 20.7 Å². The first-order valence-corrected chi connectivity index (χ1v) is 6.36. The van der Waals surface area contributed by atoms with Crippen molar-refractivity contribution in [3.8, 4) is 11.3 Å². The number of nitrogens with one attached hydrogen (secondary N) is 1. The number of pyridine rings is 1.